The fraction of sp³-hybridized carbons (Fsp3) is 0.571. The van der Waals surface area contributed by atoms with Crippen molar-refractivity contribution in [2.45, 2.75) is 51.6 Å². The summed E-state index contributed by atoms with van der Waals surface area (Å²) < 4.78 is 0. The maximum Gasteiger partial charge on any atom is 0.251 e. The number of nitrogens with one attached hydrogen (secondary N) is 2. The lowest BCUT2D eigenvalue weighted by molar-refractivity contribution is -0.134. The number of amides is 3. The number of nitrogens with zero attached hydrogens (tertiary/aromatic N) is 1. The van der Waals surface area contributed by atoms with Gasteiger partial charge in [0.15, 0.2) is 0 Å². The molecular weight excluding hydrogens is 342 g/mol. The van der Waals surface area contributed by atoms with Crippen molar-refractivity contribution in [2.24, 2.45) is 11.8 Å². The number of hydrogen-bond donors (Lipinski definition) is 2. The maximum atomic E-state index is 12.7. The quantitative estimate of drug-likeness (QED) is 0.802. The van der Waals surface area contributed by atoms with Gasteiger partial charge in [-0.15, -0.1) is 0 Å². The van der Waals surface area contributed by atoms with Gasteiger partial charge in [-0.2, -0.15) is 0 Å². The molecule has 27 heavy (non-hydrogen) atoms. The van der Waals surface area contributed by atoms with E-state index >= 15 is 0 Å². The molecule has 0 aromatic heterocycles. The summed E-state index contributed by atoms with van der Waals surface area (Å²) in [5.41, 5.74) is 0.543. The Hall–Kier alpha value is -2.37. The lowest BCUT2D eigenvalue weighted by Gasteiger charge is -2.36. The summed E-state index contributed by atoms with van der Waals surface area (Å²) in [6.07, 6.45) is 3.46. The molecule has 6 heteroatoms. The highest BCUT2D eigenvalue weighted by Gasteiger charge is 2.38. The van der Waals surface area contributed by atoms with Crippen LogP contribution in [-0.4, -0.2) is 47.8 Å². The predicted octanol–water partition coefficient (Wildman–Crippen LogP) is 1.96. The zero-order valence-electron chi connectivity index (χ0n) is 16.1. The van der Waals surface area contributed by atoms with Gasteiger partial charge in [0.2, 0.25) is 11.8 Å². The fourth-order valence-electron chi connectivity index (χ4n) is 3.63. The van der Waals surface area contributed by atoms with E-state index < -0.39 is 6.04 Å². The highest BCUT2D eigenvalue weighted by Crippen LogP contribution is 2.33. The Kier molecular flexibility index (Phi) is 6.14. The molecule has 1 aromatic rings. The Morgan fingerprint density at radius 1 is 0.963 bits per heavy atom. The van der Waals surface area contributed by atoms with Crippen molar-refractivity contribution in [3.63, 3.8) is 0 Å². The standard InChI is InChI=1S/C21H29N3O3/c1-14(2)22-20(26)18(23-19(25)16-6-4-3-5-7-16)15-10-12-24(13-11-15)21(27)17-8-9-17/h3-7,14-15,17-18H,8-13H2,1-2H3,(H,22,26)(H,23,25). The smallest absolute Gasteiger partial charge is 0.251 e. The van der Waals surface area contributed by atoms with Crippen molar-refractivity contribution in [1.82, 2.24) is 15.5 Å². The van der Waals surface area contributed by atoms with Crippen molar-refractivity contribution in [2.75, 3.05) is 13.1 Å². The van der Waals surface area contributed by atoms with Crippen LogP contribution in [0.3, 0.4) is 0 Å². The van der Waals surface area contributed by atoms with Gasteiger partial charge in [0.05, 0.1) is 0 Å². The van der Waals surface area contributed by atoms with Crippen molar-refractivity contribution < 1.29 is 14.4 Å². The first-order chi connectivity index (χ1) is 13.0. The van der Waals surface area contributed by atoms with E-state index in [-0.39, 0.29) is 35.6 Å². The van der Waals surface area contributed by atoms with Crippen LogP contribution in [0.2, 0.25) is 0 Å². The molecule has 2 aliphatic rings. The lowest BCUT2D eigenvalue weighted by atomic mass is 9.88. The monoisotopic (exact) mass is 371 g/mol. The summed E-state index contributed by atoms with van der Waals surface area (Å²) in [7, 11) is 0. The number of rotatable bonds is 6. The Bertz CT molecular complexity index is 677. The molecule has 3 amide bonds. The minimum absolute atomic E-state index is 0.00478. The van der Waals surface area contributed by atoms with Crippen LogP contribution in [0.1, 0.15) is 49.9 Å². The van der Waals surface area contributed by atoms with E-state index in [0.29, 0.717) is 18.7 Å². The molecule has 1 saturated carbocycles. The molecule has 1 heterocycles. The van der Waals surface area contributed by atoms with Gasteiger partial charge in [-0.25, -0.2) is 0 Å². The van der Waals surface area contributed by atoms with Crippen molar-refractivity contribution >= 4 is 17.7 Å². The van der Waals surface area contributed by atoms with Crippen LogP contribution >= 0.6 is 0 Å². The average molecular weight is 371 g/mol. The van der Waals surface area contributed by atoms with Crippen LogP contribution in [0.5, 0.6) is 0 Å². The third-order valence-electron chi connectivity index (χ3n) is 5.29. The van der Waals surface area contributed by atoms with Gasteiger partial charge in [0.1, 0.15) is 6.04 Å². The SMILES string of the molecule is CC(C)NC(=O)C(NC(=O)c1ccccc1)C1CCN(C(=O)C2CC2)CC1. The summed E-state index contributed by atoms with van der Waals surface area (Å²) in [5.74, 6) is 0.112. The summed E-state index contributed by atoms with van der Waals surface area (Å²) in [6.45, 7) is 5.13. The Morgan fingerprint density at radius 3 is 2.15 bits per heavy atom. The van der Waals surface area contributed by atoms with Crippen molar-refractivity contribution in [3.05, 3.63) is 35.9 Å². The Labute approximate surface area is 160 Å². The van der Waals surface area contributed by atoms with E-state index in [0.717, 1.165) is 25.7 Å². The van der Waals surface area contributed by atoms with Crippen molar-refractivity contribution in [1.29, 1.82) is 0 Å². The number of benzene rings is 1. The van der Waals surface area contributed by atoms with Crippen LogP contribution < -0.4 is 10.6 Å². The van der Waals surface area contributed by atoms with E-state index in [9.17, 15) is 14.4 Å². The van der Waals surface area contributed by atoms with E-state index in [4.69, 9.17) is 0 Å². The van der Waals surface area contributed by atoms with E-state index in [2.05, 4.69) is 10.6 Å². The highest BCUT2D eigenvalue weighted by atomic mass is 16.2. The van der Waals surface area contributed by atoms with Crippen LogP contribution in [-0.2, 0) is 9.59 Å². The van der Waals surface area contributed by atoms with Gasteiger partial charge < -0.3 is 15.5 Å². The van der Waals surface area contributed by atoms with E-state index in [1.165, 1.54) is 0 Å². The molecule has 1 saturated heterocycles. The molecule has 3 rings (SSSR count). The molecular formula is C21H29N3O3. The molecule has 146 valence electrons. The van der Waals surface area contributed by atoms with Crippen LogP contribution in [0.15, 0.2) is 30.3 Å². The molecule has 1 unspecified atom stereocenters. The van der Waals surface area contributed by atoms with Gasteiger partial charge in [0, 0.05) is 30.6 Å². The number of likely N-dealkylation sites (tertiary alicyclic amines) is 1. The molecule has 2 N–H and O–H groups in total. The van der Waals surface area contributed by atoms with Gasteiger partial charge in [-0.1, -0.05) is 18.2 Å². The molecule has 0 spiro atoms. The summed E-state index contributed by atoms with van der Waals surface area (Å²) >= 11 is 0. The number of hydrogen-bond acceptors (Lipinski definition) is 3. The topological polar surface area (TPSA) is 78.5 Å². The van der Waals surface area contributed by atoms with Gasteiger partial charge in [-0.3, -0.25) is 14.4 Å². The fourth-order valence-corrected chi connectivity index (χ4v) is 3.63. The van der Waals surface area contributed by atoms with Gasteiger partial charge >= 0.3 is 0 Å². The first-order valence-corrected chi connectivity index (χ1v) is 9.90. The summed E-state index contributed by atoms with van der Waals surface area (Å²) in [4.78, 5) is 39.5. The zero-order valence-corrected chi connectivity index (χ0v) is 16.1. The minimum Gasteiger partial charge on any atom is -0.352 e. The van der Waals surface area contributed by atoms with Crippen molar-refractivity contribution in [3.8, 4) is 0 Å². The molecule has 2 fully saturated rings. The molecule has 1 atom stereocenters. The second-order valence-corrected chi connectivity index (χ2v) is 7.92. The Balaban J connectivity index is 1.65. The lowest BCUT2D eigenvalue weighted by Crippen LogP contribution is -2.54. The normalized spacial score (nSPS) is 18.9. The van der Waals surface area contributed by atoms with E-state index in [1.807, 2.05) is 24.8 Å². The third-order valence-corrected chi connectivity index (χ3v) is 5.29. The second-order valence-electron chi connectivity index (χ2n) is 7.92. The zero-order chi connectivity index (χ0) is 19.4. The van der Waals surface area contributed by atoms with Crippen LogP contribution in [0, 0.1) is 11.8 Å². The number of carbonyl (C=O) groups is 3. The Morgan fingerprint density at radius 2 is 1.59 bits per heavy atom. The predicted molar refractivity (Wildman–Crippen MR) is 103 cm³/mol. The molecule has 6 nitrogen and oxygen atoms in total. The molecule has 0 bridgehead atoms. The molecule has 1 aliphatic heterocycles. The highest BCUT2D eigenvalue weighted by molar-refractivity contribution is 5.97. The third kappa shape index (κ3) is 5.08. The first-order valence-electron chi connectivity index (χ1n) is 9.90. The van der Waals surface area contributed by atoms with Crippen LogP contribution in [0.4, 0.5) is 0 Å². The largest absolute Gasteiger partial charge is 0.352 e. The second kappa shape index (κ2) is 8.55. The average Bonchev–Trinajstić information content (AvgIpc) is 3.51. The van der Waals surface area contributed by atoms with E-state index in [1.54, 1.807) is 24.3 Å². The first kappa shape index (κ1) is 19.4. The molecule has 1 aliphatic carbocycles. The van der Waals surface area contributed by atoms with Crippen LogP contribution in [0.25, 0.3) is 0 Å². The number of carbonyl (C=O) groups excluding carboxylic acids is 3. The van der Waals surface area contributed by atoms with Gasteiger partial charge in [-0.05, 0) is 57.6 Å². The number of piperidine rings is 1. The molecule has 1 aromatic carbocycles. The minimum atomic E-state index is -0.585. The summed E-state index contributed by atoms with van der Waals surface area (Å²) in [5, 5.41) is 5.86. The van der Waals surface area contributed by atoms with Gasteiger partial charge in [0.25, 0.3) is 5.91 Å². The molecule has 0 radical (unpaired) electrons. The maximum absolute atomic E-state index is 12.7. The summed E-state index contributed by atoms with van der Waals surface area (Å²) in [6, 6.07) is 8.36.